The maximum Gasteiger partial charge on any atom is 0.142 e. The molecule has 20 heavy (non-hydrogen) atoms. The first-order valence-electron chi connectivity index (χ1n) is 7.58. The average molecular weight is 296 g/mol. The fourth-order valence-electron chi connectivity index (χ4n) is 2.51. The Kier molecular flexibility index (Phi) is 4.81. The first-order valence-corrected chi connectivity index (χ1v) is 7.96. The summed E-state index contributed by atoms with van der Waals surface area (Å²) in [4.78, 5) is 0. The molecule has 1 saturated heterocycles. The molecule has 1 heterocycles. The van der Waals surface area contributed by atoms with Crippen LogP contribution in [-0.4, -0.2) is 25.4 Å². The highest BCUT2D eigenvalue weighted by Gasteiger charge is 2.21. The minimum atomic E-state index is 0.212. The van der Waals surface area contributed by atoms with E-state index in [-0.39, 0.29) is 6.10 Å². The van der Waals surface area contributed by atoms with E-state index in [4.69, 9.17) is 21.1 Å². The van der Waals surface area contributed by atoms with Crippen molar-refractivity contribution in [2.24, 2.45) is 0 Å². The van der Waals surface area contributed by atoms with Crippen molar-refractivity contribution in [3.05, 3.63) is 28.8 Å². The Labute approximate surface area is 125 Å². The van der Waals surface area contributed by atoms with Crippen molar-refractivity contribution >= 4 is 11.6 Å². The lowest BCUT2D eigenvalue weighted by Gasteiger charge is -2.23. The van der Waals surface area contributed by atoms with Gasteiger partial charge in [-0.3, -0.25) is 0 Å². The third-order valence-corrected chi connectivity index (χ3v) is 4.19. The molecular formula is C16H22ClNO2. The highest BCUT2D eigenvalue weighted by molar-refractivity contribution is 6.32. The van der Waals surface area contributed by atoms with E-state index in [1.807, 2.05) is 12.1 Å². The van der Waals surface area contributed by atoms with Crippen molar-refractivity contribution in [3.8, 4) is 5.75 Å². The molecule has 4 heteroatoms. The summed E-state index contributed by atoms with van der Waals surface area (Å²) in [7, 11) is 0. The van der Waals surface area contributed by atoms with Gasteiger partial charge in [0.05, 0.1) is 11.1 Å². The van der Waals surface area contributed by atoms with E-state index in [0.717, 1.165) is 30.9 Å². The molecule has 1 aliphatic carbocycles. The average Bonchev–Trinajstić information content (AvgIpc) is 3.29. The van der Waals surface area contributed by atoms with Gasteiger partial charge < -0.3 is 14.8 Å². The number of para-hydroxylation sites is 1. The summed E-state index contributed by atoms with van der Waals surface area (Å²) in [6, 6.07) is 6.64. The largest absolute Gasteiger partial charge is 0.489 e. The van der Waals surface area contributed by atoms with Crippen LogP contribution in [0.15, 0.2) is 18.2 Å². The van der Waals surface area contributed by atoms with Crippen LogP contribution in [0.1, 0.15) is 37.7 Å². The normalized spacial score (nSPS) is 22.8. The summed E-state index contributed by atoms with van der Waals surface area (Å²) in [6.07, 6.45) is 6.26. The Morgan fingerprint density at radius 3 is 2.90 bits per heavy atom. The lowest BCUT2D eigenvalue weighted by atomic mass is 10.1. The summed E-state index contributed by atoms with van der Waals surface area (Å²) >= 11 is 6.28. The third kappa shape index (κ3) is 3.87. The standard InChI is InChI=1S/C16H22ClNO2/c17-15-6-3-4-12(10-18-13-7-8-13)16(15)20-11-14-5-1-2-9-19-14/h3-4,6,13-14,18H,1-2,5,7-11H2. The van der Waals surface area contributed by atoms with Crippen molar-refractivity contribution in [3.63, 3.8) is 0 Å². The molecule has 0 bridgehead atoms. The number of hydrogen-bond donors (Lipinski definition) is 1. The number of nitrogens with one attached hydrogen (secondary N) is 1. The predicted octanol–water partition coefficient (Wildman–Crippen LogP) is 3.54. The highest BCUT2D eigenvalue weighted by Crippen LogP contribution is 2.30. The molecule has 3 rings (SSSR count). The predicted molar refractivity (Wildman–Crippen MR) is 80.4 cm³/mol. The van der Waals surface area contributed by atoms with Crippen LogP contribution < -0.4 is 10.1 Å². The van der Waals surface area contributed by atoms with Gasteiger partial charge in [0.25, 0.3) is 0 Å². The van der Waals surface area contributed by atoms with Gasteiger partial charge in [-0.2, -0.15) is 0 Å². The molecule has 1 atom stereocenters. The second kappa shape index (κ2) is 6.79. The monoisotopic (exact) mass is 295 g/mol. The Balaban J connectivity index is 1.60. The number of halogens is 1. The maximum absolute atomic E-state index is 6.28. The van der Waals surface area contributed by atoms with E-state index in [2.05, 4.69) is 11.4 Å². The van der Waals surface area contributed by atoms with Gasteiger partial charge in [0.1, 0.15) is 12.4 Å². The van der Waals surface area contributed by atoms with Crippen LogP contribution in [0.4, 0.5) is 0 Å². The summed E-state index contributed by atoms with van der Waals surface area (Å²) in [5, 5.41) is 4.20. The quantitative estimate of drug-likeness (QED) is 0.871. The molecule has 1 unspecified atom stereocenters. The smallest absolute Gasteiger partial charge is 0.142 e. The zero-order valence-electron chi connectivity index (χ0n) is 11.7. The van der Waals surface area contributed by atoms with Gasteiger partial charge in [-0.15, -0.1) is 0 Å². The number of rotatable bonds is 6. The molecule has 1 N–H and O–H groups in total. The molecule has 0 aromatic heterocycles. The summed E-state index contributed by atoms with van der Waals surface area (Å²) in [6.45, 7) is 2.28. The van der Waals surface area contributed by atoms with E-state index >= 15 is 0 Å². The molecule has 2 fully saturated rings. The fourth-order valence-corrected chi connectivity index (χ4v) is 2.76. The first kappa shape index (κ1) is 14.2. The van der Waals surface area contributed by atoms with Crippen LogP contribution in [0.5, 0.6) is 5.75 Å². The summed E-state index contributed by atoms with van der Waals surface area (Å²) in [5.41, 5.74) is 1.14. The second-order valence-electron chi connectivity index (χ2n) is 5.68. The molecule has 1 aromatic rings. The molecule has 0 spiro atoms. The van der Waals surface area contributed by atoms with Crippen molar-refractivity contribution in [2.45, 2.75) is 50.8 Å². The van der Waals surface area contributed by atoms with Gasteiger partial charge in [0.2, 0.25) is 0 Å². The zero-order valence-corrected chi connectivity index (χ0v) is 12.5. The SMILES string of the molecule is Clc1cccc(CNC2CC2)c1OCC1CCCCO1. The zero-order chi connectivity index (χ0) is 13.8. The lowest BCUT2D eigenvalue weighted by Crippen LogP contribution is -2.26. The van der Waals surface area contributed by atoms with Crippen molar-refractivity contribution in [2.75, 3.05) is 13.2 Å². The Hall–Kier alpha value is -0.770. The maximum atomic E-state index is 6.28. The van der Waals surface area contributed by atoms with E-state index in [1.165, 1.54) is 25.7 Å². The van der Waals surface area contributed by atoms with Crippen LogP contribution in [0, 0.1) is 0 Å². The Morgan fingerprint density at radius 2 is 2.15 bits per heavy atom. The molecule has 2 aliphatic rings. The first-order chi connectivity index (χ1) is 9.83. The van der Waals surface area contributed by atoms with Gasteiger partial charge >= 0.3 is 0 Å². The molecule has 1 aromatic carbocycles. The molecule has 0 amide bonds. The van der Waals surface area contributed by atoms with Gasteiger partial charge in [-0.05, 0) is 38.2 Å². The summed E-state index contributed by atoms with van der Waals surface area (Å²) in [5.74, 6) is 0.816. The minimum Gasteiger partial charge on any atom is -0.489 e. The molecular weight excluding hydrogens is 274 g/mol. The number of ether oxygens (including phenoxy) is 2. The molecule has 1 saturated carbocycles. The lowest BCUT2D eigenvalue weighted by molar-refractivity contribution is -0.0112. The third-order valence-electron chi connectivity index (χ3n) is 3.89. The highest BCUT2D eigenvalue weighted by atomic mass is 35.5. The van der Waals surface area contributed by atoms with Gasteiger partial charge in [0.15, 0.2) is 0 Å². The van der Waals surface area contributed by atoms with E-state index < -0.39 is 0 Å². The topological polar surface area (TPSA) is 30.5 Å². The Bertz CT molecular complexity index is 442. The fraction of sp³-hybridized carbons (Fsp3) is 0.625. The number of hydrogen-bond acceptors (Lipinski definition) is 3. The van der Waals surface area contributed by atoms with Crippen LogP contribution >= 0.6 is 11.6 Å². The summed E-state index contributed by atoms with van der Waals surface area (Å²) < 4.78 is 11.7. The van der Waals surface area contributed by atoms with Crippen LogP contribution in [0.2, 0.25) is 5.02 Å². The number of benzene rings is 1. The Morgan fingerprint density at radius 1 is 1.25 bits per heavy atom. The minimum absolute atomic E-state index is 0.212. The van der Waals surface area contributed by atoms with E-state index in [0.29, 0.717) is 17.7 Å². The van der Waals surface area contributed by atoms with Gasteiger partial charge in [-0.1, -0.05) is 23.7 Å². The van der Waals surface area contributed by atoms with Gasteiger partial charge in [0, 0.05) is 24.8 Å². The molecule has 1 aliphatic heterocycles. The molecule has 3 nitrogen and oxygen atoms in total. The molecule has 0 radical (unpaired) electrons. The van der Waals surface area contributed by atoms with Crippen molar-refractivity contribution < 1.29 is 9.47 Å². The van der Waals surface area contributed by atoms with Crippen molar-refractivity contribution in [1.29, 1.82) is 0 Å². The molecule has 110 valence electrons. The van der Waals surface area contributed by atoms with Crippen LogP contribution in [0.3, 0.4) is 0 Å². The van der Waals surface area contributed by atoms with E-state index in [9.17, 15) is 0 Å². The van der Waals surface area contributed by atoms with Crippen LogP contribution in [0.25, 0.3) is 0 Å². The van der Waals surface area contributed by atoms with Crippen LogP contribution in [-0.2, 0) is 11.3 Å². The van der Waals surface area contributed by atoms with E-state index in [1.54, 1.807) is 0 Å². The van der Waals surface area contributed by atoms with Gasteiger partial charge in [-0.25, -0.2) is 0 Å². The second-order valence-corrected chi connectivity index (χ2v) is 6.09. The van der Waals surface area contributed by atoms with Crippen molar-refractivity contribution in [1.82, 2.24) is 5.32 Å².